The Balaban J connectivity index is 0.00000121. The highest BCUT2D eigenvalue weighted by atomic mass is 127. The number of nitrogens with one attached hydrogen (secondary N) is 2. The molecule has 1 aromatic carbocycles. The Kier molecular flexibility index (Phi) is 5.77. The highest BCUT2D eigenvalue weighted by Gasteiger charge is 1.95. The van der Waals surface area contributed by atoms with Crippen LogP contribution in [0.2, 0.25) is 0 Å². The molecule has 0 aliphatic carbocycles. The van der Waals surface area contributed by atoms with Gasteiger partial charge in [0, 0.05) is 0 Å². The number of para-hydroxylation sites is 2. The van der Waals surface area contributed by atoms with Gasteiger partial charge in [-0.3, -0.25) is 16.2 Å². The first-order valence-electron chi connectivity index (χ1n) is 3.23. The van der Waals surface area contributed by atoms with Gasteiger partial charge >= 0.3 is 0 Å². The Morgan fingerprint density at radius 1 is 1.25 bits per heavy atom. The summed E-state index contributed by atoms with van der Waals surface area (Å²) in [5, 5.41) is 0. The van der Waals surface area contributed by atoms with Crippen LogP contribution in [-0.2, 0) is 4.84 Å². The van der Waals surface area contributed by atoms with Crippen molar-refractivity contribution >= 4 is 35.4 Å². The van der Waals surface area contributed by atoms with E-state index >= 15 is 0 Å². The van der Waals surface area contributed by atoms with E-state index in [2.05, 4.69) is 10.9 Å². The van der Waals surface area contributed by atoms with Crippen molar-refractivity contribution in [2.45, 2.75) is 0 Å². The normalized spacial score (nSPS) is 8.50. The topological polar surface area (TPSA) is 59.3 Å². The number of nitrogens with two attached hydrogens (primary N) is 1. The number of hydrogen-bond acceptors (Lipinski definition) is 4. The predicted molar refractivity (Wildman–Crippen MR) is 60.3 cm³/mol. The van der Waals surface area contributed by atoms with Crippen molar-refractivity contribution in [2.24, 2.45) is 5.84 Å². The van der Waals surface area contributed by atoms with Crippen molar-refractivity contribution < 1.29 is 4.84 Å². The number of nitrogen functional groups attached to an aromatic ring is 1. The van der Waals surface area contributed by atoms with E-state index < -0.39 is 0 Å². The van der Waals surface area contributed by atoms with Gasteiger partial charge < -0.3 is 5.43 Å². The van der Waals surface area contributed by atoms with Crippen molar-refractivity contribution in [1.82, 2.24) is 0 Å². The first kappa shape index (κ1) is 11.5. The largest absolute Gasteiger partial charge is 0.322 e. The summed E-state index contributed by atoms with van der Waals surface area (Å²) >= 11 is 0. The molecule has 0 spiro atoms. The average molecular weight is 281 g/mol. The Morgan fingerprint density at radius 3 is 2.33 bits per heavy atom. The molecule has 0 heterocycles. The summed E-state index contributed by atoms with van der Waals surface area (Å²) in [5.41, 5.74) is 6.84. The van der Waals surface area contributed by atoms with Crippen LogP contribution >= 0.6 is 24.0 Å². The number of hydrogen-bond donors (Lipinski definition) is 3. The van der Waals surface area contributed by atoms with Crippen LogP contribution in [0.15, 0.2) is 24.3 Å². The van der Waals surface area contributed by atoms with Gasteiger partial charge in [-0.15, -0.1) is 24.0 Å². The van der Waals surface area contributed by atoms with Crippen molar-refractivity contribution in [1.29, 1.82) is 0 Å². The third-order valence-electron chi connectivity index (χ3n) is 1.29. The summed E-state index contributed by atoms with van der Waals surface area (Å²) in [6.45, 7) is 0. The monoisotopic (exact) mass is 281 g/mol. The molecule has 4 N–H and O–H groups in total. The van der Waals surface area contributed by atoms with Gasteiger partial charge in [-0.2, -0.15) is 0 Å². The smallest absolute Gasteiger partial charge is 0.0848 e. The maximum absolute atomic E-state index is 5.24. The second-order valence-electron chi connectivity index (χ2n) is 2.00. The van der Waals surface area contributed by atoms with E-state index in [1.165, 1.54) is 0 Å². The minimum Gasteiger partial charge on any atom is -0.322 e. The van der Waals surface area contributed by atoms with Crippen molar-refractivity contribution in [3.63, 3.8) is 0 Å². The highest BCUT2D eigenvalue weighted by molar-refractivity contribution is 14.0. The fourth-order valence-electron chi connectivity index (χ4n) is 0.808. The number of benzene rings is 1. The summed E-state index contributed by atoms with van der Waals surface area (Å²) in [7, 11) is 1.55. The third kappa shape index (κ3) is 2.84. The van der Waals surface area contributed by atoms with Gasteiger partial charge in [-0.25, -0.2) is 0 Å². The van der Waals surface area contributed by atoms with Crippen LogP contribution in [0.1, 0.15) is 0 Å². The maximum Gasteiger partial charge on any atom is 0.0848 e. The molecule has 5 heteroatoms. The fraction of sp³-hybridized carbons (Fsp3) is 0.143. The molecule has 0 aliphatic rings. The lowest BCUT2D eigenvalue weighted by Crippen LogP contribution is -2.09. The lowest BCUT2D eigenvalue weighted by molar-refractivity contribution is 0.271. The molecule has 0 atom stereocenters. The molecule has 0 saturated heterocycles. The van der Waals surface area contributed by atoms with Gasteiger partial charge in [0.2, 0.25) is 0 Å². The Hall–Kier alpha value is -0.530. The molecule has 12 heavy (non-hydrogen) atoms. The molecule has 0 aromatic heterocycles. The Bertz CT molecular complexity index is 232. The molecular weight excluding hydrogens is 269 g/mol. The zero-order chi connectivity index (χ0) is 8.10. The van der Waals surface area contributed by atoms with Gasteiger partial charge in [0.15, 0.2) is 0 Å². The van der Waals surface area contributed by atoms with E-state index in [1.807, 2.05) is 24.3 Å². The standard InChI is InChI=1S/C7H11N3O.HI/c1-11-10-7-5-3-2-4-6(7)9-8;/h2-5,9-10H,8H2,1H3;1H. The van der Waals surface area contributed by atoms with Gasteiger partial charge in [0.25, 0.3) is 0 Å². The van der Waals surface area contributed by atoms with Crippen molar-refractivity contribution in [2.75, 3.05) is 18.0 Å². The molecule has 0 fully saturated rings. The Labute approximate surface area is 88.4 Å². The minimum atomic E-state index is 0. The van der Waals surface area contributed by atoms with Crippen molar-refractivity contribution in [3.8, 4) is 0 Å². The van der Waals surface area contributed by atoms with E-state index in [9.17, 15) is 0 Å². The summed E-state index contributed by atoms with van der Waals surface area (Å²) < 4.78 is 0. The molecule has 0 aliphatic heterocycles. The minimum absolute atomic E-state index is 0. The third-order valence-corrected chi connectivity index (χ3v) is 1.29. The van der Waals surface area contributed by atoms with E-state index in [0.29, 0.717) is 0 Å². The Morgan fingerprint density at radius 2 is 1.83 bits per heavy atom. The fourth-order valence-corrected chi connectivity index (χ4v) is 0.808. The zero-order valence-corrected chi connectivity index (χ0v) is 9.03. The van der Waals surface area contributed by atoms with E-state index in [4.69, 9.17) is 10.7 Å². The van der Waals surface area contributed by atoms with Crippen LogP contribution < -0.4 is 16.7 Å². The lowest BCUT2D eigenvalue weighted by atomic mass is 10.3. The number of rotatable bonds is 3. The molecule has 1 rings (SSSR count). The molecule has 0 amide bonds. The van der Waals surface area contributed by atoms with Crippen LogP contribution in [0.5, 0.6) is 0 Å². The van der Waals surface area contributed by atoms with E-state index in [1.54, 1.807) is 7.11 Å². The second kappa shape index (κ2) is 6.04. The molecule has 0 bridgehead atoms. The first-order valence-corrected chi connectivity index (χ1v) is 3.23. The van der Waals surface area contributed by atoms with E-state index in [-0.39, 0.29) is 24.0 Å². The number of anilines is 2. The summed E-state index contributed by atoms with van der Waals surface area (Å²) in [5.74, 6) is 5.24. The molecular formula is C7H12IN3O. The van der Waals surface area contributed by atoms with E-state index in [0.717, 1.165) is 11.4 Å². The number of hydrazine groups is 1. The summed E-state index contributed by atoms with van der Waals surface area (Å²) in [4.78, 5) is 4.72. The van der Waals surface area contributed by atoms with Crippen LogP contribution in [0, 0.1) is 0 Å². The molecule has 1 aromatic rings. The van der Waals surface area contributed by atoms with Gasteiger partial charge in [0.05, 0.1) is 18.5 Å². The summed E-state index contributed by atoms with van der Waals surface area (Å²) in [6.07, 6.45) is 0. The van der Waals surface area contributed by atoms with Gasteiger partial charge in [-0.1, -0.05) is 12.1 Å². The highest BCUT2D eigenvalue weighted by Crippen LogP contribution is 2.18. The van der Waals surface area contributed by atoms with Gasteiger partial charge in [0.1, 0.15) is 0 Å². The van der Waals surface area contributed by atoms with Crippen LogP contribution in [0.3, 0.4) is 0 Å². The zero-order valence-electron chi connectivity index (χ0n) is 6.70. The van der Waals surface area contributed by atoms with Crippen LogP contribution in [0.25, 0.3) is 0 Å². The lowest BCUT2D eigenvalue weighted by Gasteiger charge is -2.07. The maximum atomic E-state index is 5.24. The summed E-state index contributed by atoms with van der Waals surface area (Å²) in [6, 6.07) is 7.48. The molecule has 4 nitrogen and oxygen atoms in total. The molecule has 0 unspecified atom stereocenters. The van der Waals surface area contributed by atoms with Crippen molar-refractivity contribution in [3.05, 3.63) is 24.3 Å². The van der Waals surface area contributed by atoms with Gasteiger partial charge in [-0.05, 0) is 12.1 Å². The second-order valence-corrected chi connectivity index (χ2v) is 2.00. The quantitative estimate of drug-likeness (QED) is 0.447. The molecule has 0 radical (unpaired) electrons. The molecule has 0 saturated carbocycles. The van der Waals surface area contributed by atoms with Crippen LogP contribution in [0.4, 0.5) is 11.4 Å². The predicted octanol–water partition coefficient (Wildman–Crippen LogP) is 1.56. The van der Waals surface area contributed by atoms with Crippen LogP contribution in [-0.4, -0.2) is 7.11 Å². The molecule has 68 valence electrons. The average Bonchev–Trinajstić information content (AvgIpc) is 2.06. The SMILES string of the molecule is CONc1ccccc1NN.I. The number of halogens is 1. The first-order chi connectivity index (χ1) is 5.38.